The molecule has 59 valence electrons. The second kappa shape index (κ2) is 3.35. The summed E-state index contributed by atoms with van der Waals surface area (Å²) in [5.41, 5.74) is 5.63. The van der Waals surface area contributed by atoms with Crippen molar-refractivity contribution in [3.8, 4) is 0 Å². The lowest BCUT2D eigenvalue weighted by Gasteiger charge is -2.32. The zero-order valence-corrected chi connectivity index (χ0v) is 6.71. The molecule has 1 rings (SSSR count). The first-order valence-corrected chi connectivity index (χ1v) is 4.03. The Kier molecular flexibility index (Phi) is 2.69. The number of nitrogens with zero attached hydrogens (tertiary/aromatic N) is 1. The Bertz CT molecular complexity index is 93.4. The topological polar surface area (TPSA) is 29.3 Å². The second-order valence-electron chi connectivity index (χ2n) is 3.29. The van der Waals surface area contributed by atoms with Crippen LogP contribution in [0.25, 0.3) is 0 Å². The molecule has 2 heteroatoms. The summed E-state index contributed by atoms with van der Waals surface area (Å²) in [6, 6.07) is 0. The molecule has 0 amide bonds. The Morgan fingerprint density at radius 1 is 1.50 bits per heavy atom. The molecule has 0 bridgehead atoms. The third-order valence-corrected chi connectivity index (χ3v) is 2.29. The van der Waals surface area contributed by atoms with Gasteiger partial charge in [-0.05, 0) is 38.8 Å². The van der Waals surface area contributed by atoms with Gasteiger partial charge in [-0.25, -0.2) is 0 Å². The van der Waals surface area contributed by atoms with Crippen molar-refractivity contribution in [3.63, 3.8) is 0 Å². The Labute approximate surface area is 63.4 Å². The van der Waals surface area contributed by atoms with E-state index in [4.69, 9.17) is 5.73 Å². The zero-order chi connectivity index (χ0) is 7.56. The van der Waals surface area contributed by atoms with Crippen LogP contribution >= 0.6 is 0 Å². The lowest BCUT2D eigenvalue weighted by atomic mass is 9.99. The predicted molar refractivity (Wildman–Crippen MR) is 43.3 cm³/mol. The van der Waals surface area contributed by atoms with Crippen LogP contribution in [-0.2, 0) is 0 Å². The number of rotatable bonds is 1. The summed E-state index contributed by atoms with van der Waals surface area (Å²) < 4.78 is 0. The molecule has 10 heavy (non-hydrogen) atoms. The quantitative estimate of drug-likeness (QED) is 0.586. The van der Waals surface area contributed by atoms with E-state index >= 15 is 0 Å². The Morgan fingerprint density at radius 2 is 2.00 bits per heavy atom. The monoisotopic (exact) mass is 141 g/mol. The van der Waals surface area contributed by atoms with Gasteiger partial charge in [0.2, 0.25) is 0 Å². The summed E-state index contributed by atoms with van der Waals surface area (Å²) >= 11 is 0. The van der Waals surface area contributed by atoms with Crippen molar-refractivity contribution in [1.29, 1.82) is 0 Å². The van der Waals surface area contributed by atoms with E-state index < -0.39 is 0 Å². The fourth-order valence-corrected chi connectivity index (χ4v) is 1.36. The van der Waals surface area contributed by atoms with Gasteiger partial charge in [0, 0.05) is 0 Å². The summed E-state index contributed by atoms with van der Waals surface area (Å²) in [7, 11) is 0. The van der Waals surface area contributed by atoms with E-state index in [0.717, 1.165) is 19.0 Å². The molecule has 0 aromatic rings. The number of hydrogen-bond donors (Lipinski definition) is 1. The lowest BCUT2D eigenvalue weighted by Crippen LogP contribution is -2.44. The van der Waals surface area contributed by atoms with Crippen LogP contribution in [0.1, 0.15) is 19.8 Å². The minimum absolute atomic E-state index is 0.00694. The van der Waals surface area contributed by atoms with Gasteiger partial charge in [0.05, 0.1) is 6.17 Å². The van der Waals surface area contributed by atoms with Crippen LogP contribution in [0.15, 0.2) is 0 Å². The minimum Gasteiger partial charge on any atom is -0.316 e. The molecule has 0 spiro atoms. The molecular formula is C8H17N2. The minimum atomic E-state index is 0.00694. The van der Waals surface area contributed by atoms with Crippen LogP contribution in [0.4, 0.5) is 0 Å². The highest BCUT2D eigenvalue weighted by atomic mass is 15.2. The van der Waals surface area contributed by atoms with Crippen LogP contribution in [0.5, 0.6) is 0 Å². The highest BCUT2D eigenvalue weighted by Crippen LogP contribution is 2.16. The third kappa shape index (κ3) is 1.96. The van der Waals surface area contributed by atoms with Crippen LogP contribution < -0.4 is 5.73 Å². The Balaban J connectivity index is 2.26. The molecule has 0 saturated carbocycles. The SMILES string of the molecule is [CH2]C(N)N1CCC(C)CC1. The van der Waals surface area contributed by atoms with Crippen molar-refractivity contribution < 1.29 is 0 Å². The first-order chi connectivity index (χ1) is 4.70. The van der Waals surface area contributed by atoms with Crippen molar-refractivity contribution >= 4 is 0 Å². The van der Waals surface area contributed by atoms with Crippen molar-refractivity contribution in [2.24, 2.45) is 11.7 Å². The maximum Gasteiger partial charge on any atom is 0.0572 e. The van der Waals surface area contributed by atoms with E-state index in [0.29, 0.717) is 0 Å². The highest BCUT2D eigenvalue weighted by Gasteiger charge is 2.17. The van der Waals surface area contributed by atoms with Gasteiger partial charge in [-0.1, -0.05) is 6.92 Å². The summed E-state index contributed by atoms with van der Waals surface area (Å²) in [6.07, 6.45) is 2.57. The highest BCUT2D eigenvalue weighted by molar-refractivity contribution is 4.74. The van der Waals surface area contributed by atoms with Crippen molar-refractivity contribution in [3.05, 3.63) is 6.92 Å². The van der Waals surface area contributed by atoms with Crippen molar-refractivity contribution in [2.75, 3.05) is 13.1 Å². The summed E-state index contributed by atoms with van der Waals surface area (Å²) in [6.45, 7) is 8.35. The summed E-state index contributed by atoms with van der Waals surface area (Å²) in [5, 5.41) is 0. The normalized spacial score (nSPS) is 26.7. The average Bonchev–Trinajstić information content (AvgIpc) is 1.88. The van der Waals surface area contributed by atoms with Crippen molar-refractivity contribution in [1.82, 2.24) is 4.90 Å². The first-order valence-electron chi connectivity index (χ1n) is 4.03. The molecule has 1 aliphatic rings. The van der Waals surface area contributed by atoms with Crippen LogP contribution in [0.2, 0.25) is 0 Å². The molecule has 1 saturated heterocycles. The molecule has 1 fully saturated rings. The molecule has 2 nitrogen and oxygen atoms in total. The lowest BCUT2D eigenvalue weighted by molar-refractivity contribution is 0.162. The van der Waals surface area contributed by atoms with Gasteiger partial charge in [-0.2, -0.15) is 0 Å². The standard InChI is InChI=1S/C8H17N2/c1-7-3-5-10(6-4-7)8(2)9/h7-8H,2-6,9H2,1H3. The van der Waals surface area contributed by atoms with Gasteiger partial charge in [0.1, 0.15) is 0 Å². The summed E-state index contributed by atoms with van der Waals surface area (Å²) in [5.74, 6) is 0.884. The molecule has 0 aliphatic carbocycles. The van der Waals surface area contributed by atoms with Gasteiger partial charge in [-0.15, -0.1) is 0 Å². The molecule has 2 N–H and O–H groups in total. The Hall–Kier alpha value is -0.0800. The van der Waals surface area contributed by atoms with E-state index in [1.54, 1.807) is 0 Å². The average molecular weight is 141 g/mol. The maximum absolute atomic E-state index is 5.63. The van der Waals surface area contributed by atoms with E-state index in [9.17, 15) is 0 Å². The Morgan fingerprint density at radius 3 is 2.40 bits per heavy atom. The third-order valence-electron chi connectivity index (χ3n) is 2.29. The fourth-order valence-electron chi connectivity index (χ4n) is 1.36. The molecular weight excluding hydrogens is 124 g/mol. The number of likely N-dealkylation sites (tertiary alicyclic amines) is 1. The number of hydrogen-bond acceptors (Lipinski definition) is 2. The predicted octanol–water partition coefficient (Wildman–Crippen LogP) is 0.837. The molecule has 1 atom stereocenters. The second-order valence-corrected chi connectivity index (χ2v) is 3.29. The largest absolute Gasteiger partial charge is 0.316 e. The number of nitrogens with two attached hydrogens (primary N) is 1. The number of piperidine rings is 1. The van der Waals surface area contributed by atoms with Gasteiger partial charge < -0.3 is 5.73 Å². The molecule has 1 aliphatic heterocycles. The maximum atomic E-state index is 5.63. The fraction of sp³-hybridized carbons (Fsp3) is 0.875. The first kappa shape index (κ1) is 8.02. The van der Waals surface area contributed by atoms with E-state index in [2.05, 4.69) is 18.7 Å². The van der Waals surface area contributed by atoms with Crippen LogP contribution in [-0.4, -0.2) is 24.2 Å². The summed E-state index contributed by atoms with van der Waals surface area (Å²) in [4.78, 5) is 2.24. The zero-order valence-electron chi connectivity index (χ0n) is 6.71. The molecule has 0 aromatic heterocycles. The van der Waals surface area contributed by atoms with Gasteiger partial charge in [0.15, 0.2) is 0 Å². The molecule has 0 aromatic carbocycles. The molecule has 1 heterocycles. The van der Waals surface area contributed by atoms with Gasteiger partial charge >= 0.3 is 0 Å². The van der Waals surface area contributed by atoms with Gasteiger partial charge in [-0.3, -0.25) is 4.90 Å². The van der Waals surface area contributed by atoms with E-state index in [1.165, 1.54) is 12.8 Å². The van der Waals surface area contributed by atoms with Crippen LogP contribution in [0.3, 0.4) is 0 Å². The molecule has 1 unspecified atom stereocenters. The van der Waals surface area contributed by atoms with E-state index in [-0.39, 0.29) is 6.17 Å². The smallest absolute Gasteiger partial charge is 0.0572 e. The molecule has 1 radical (unpaired) electrons. The van der Waals surface area contributed by atoms with Gasteiger partial charge in [0.25, 0.3) is 0 Å². The van der Waals surface area contributed by atoms with Crippen molar-refractivity contribution in [2.45, 2.75) is 25.9 Å². The van der Waals surface area contributed by atoms with E-state index in [1.807, 2.05) is 0 Å². The van der Waals surface area contributed by atoms with Crippen LogP contribution in [0, 0.1) is 12.8 Å².